The van der Waals surface area contributed by atoms with Gasteiger partial charge in [0.05, 0.1) is 7.11 Å². The fourth-order valence-corrected chi connectivity index (χ4v) is 1.48. The third kappa shape index (κ3) is 1.74. The van der Waals surface area contributed by atoms with Gasteiger partial charge in [-0.25, -0.2) is 0 Å². The SMILES string of the molecule is COc1ccc(C(C)=C2CC2)cc1. The first-order chi connectivity index (χ1) is 6.31. The molecule has 0 radical (unpaired) electrons. The summed E-state index contributed by atoms with van der Waals surface area (Å²) in [6, 6.07) is 8.28. The molecule has 0 amide bonds. The molecule has 0 aromatic heterocycles. The van der Waals surface area contributed by atoms with Gasteiger partial charge >= 0.3 is 0 Å². The lowest BCUT2D eigenvalue weighted by molar-refractivity contribution is 0.415. The normalized spacial score (nSPS) is 14.2. The largest absolute Gasteiger partial charge is 0.497 e. The molecule has 1 nitrogen and oxygen atoms in total. The van der Waals surface area contributed by atoms with Crippen molar-refractivity contribution < 1.29 is 4.74 Å². The van der Waals surface area contributed by atoms with Gasteiger partial charge in [-0.1, -0.05) is 17.7 Å². The summed E-state index contributed by atoms with van der Waals surface area (Å²) in [4.78, 5) is 0. The second-order valence-corrected chi connectivity index (χ2v) is 3.46. The Hall–Kier alpha value is -1.24. The number of hydrogen-bond donors (Lipinski definition) is 0. The molecule has 1 aliphatic rings. The Kier molecular flexibility index (Phi) is 2.09. The molecule has 0 heterocycles. The lowest BCUT2D eigenvalue weighted by atomic mass is 10.1. The Bertz CT molecular complexity index is 327. The van der Waals surface area contributed by atoms with Crippen LogP contribution in [0.4, 0.5) is 0 Å². The zero-order valence-corrected chi connectivity index (χ0v) is 8.13. The Labute approximate surface area is 79.0 Å². The highest BCUT2D eigenvalue weighted by Crippen LogP contribution is 2.36. The van der Waals surface area contributed by atoms with E-state index in [1.165, 1.54) is 24.0 Å². The molecular formula is C12H14O. The minimum atomic E-state index is 0.928. The van der Waals surface area contributed by atoms with E-state index in [1.54, 1.807) is 12.7 Å². The van der Waals surface area contributed by atoms with E-state index in [2.05, 4.69) is 19.1 Å². The van der Waals surface area contributed by atoms with E-state index in [9.17, 15) is 0 Å². The summed E-state index contributed by atoms with van der Waals surface area (Å²) in [6.07, 6.45) is 2.58. The number of hydrogen-bond acceptors (Lipinski definition) is 1. The smallest absolute Gasteiger partial charge is 0.118 e. The number of benzene rings is 1. The van der Waals surface area contributed by atoms with Crippen molar-refractivity contribution in [3.63, 3.8) is 0 Å². The molecule has 0 aliphatic heterocycles. The lowest BCUT2D eigenvalue weighted by Crippen LogP contribution is -1.83. The molecule has 0 saturated heterocycles. The minimum absolute atomic E-state index is 0.928. The zero-order chi connectivity index (χ0) is 9.26. The number of allylic oxidation sites excluding steroid dienone is 2. The highest BCUT2D eigenvalue weighted by Gasteiger charge is 2.15. The molecule has 1 aliphatic carbocycles. The minimum Gasteiger partial charge on any atom is -0.497 e. The molecule has 1 heteroatoms. The van der Waals surface area contributed by atoms with Crippen molar-refractivity contribution in [1.29, 1.82) is 0 Å². The summed E-state index contributed by atoms with van der Waals surface area (Å²) in [6.45, 7) is 2.20. The van der Waals surface area contributed by atoms with Gasteiger partial charge in [-0.2, -0.15) is 0 Å². The van der Waals surface area contributed by atoms with Crippen LogP contribution >= 0.6 is 0 Å². The third-order valence-electron chi connectivity index (χ3n) is 2.55. The van der Waals surface area contributed by atoms with Crippen molar-refractivity contribution in [2.24, 2.45) is 0 Å². The van der Waals surface area contributed by atoms with Crippen LogP contribution in [0.15, 0.2) is 29.8 Å². The average molecular weight is 174 g/mol. The number of methoxy groups -OCH3 is 1. The summed E-state index contributed by atoms with van der Waals surface area (Å²) in [5.41, 5.74) is 4.38. The van der Waals surface area contributed by atoms with Crippen LogP contribution in [-0.4, -0.2) is 7.11 Å². The van der Waals surface area contributed by atoms with Gasteiger partial charge < -0.3 is 4.74 Å². The second-order valence-electron chi connectivity index (χ2n) is 3.46. The van der Waals surface area contributed by atoms with Gasteiger partial charge in [-0.05, 0) is 43.0 Å². The maximum Gasteiger partial charge on any atom is 0.118 e. The lowest BCUT2D eigenvalue weighted by Gasteiger charge is -2.02. The molecule has 1 saturated carbocycles. The highest BCUT2D eigenvalue weighted by molar-refractivity contribution is 5.70. The second kappa shape index (κ2) is 3.25. The molecule has 0 spiro atoms. The standard InChI is InChI=1S/C12H14O/c1-9(10-3-4-10)11-5-7-12(13-2)8-6-11/h5-8H,3-4H2,1-2H3. The van der Waals surface area contributed by atoms with E-state index in [-0.39, 0.29) is 0 Å². The quantitative estimate of drug-likeness (QED) is 0.668. The van der Waals surface area contributed by atoms with Gasteiger partial charge in [0.2, 0.25) is 0 Å². The van der Waals surface area contributed by atoms with E-state index in [0.29, 0.717) is 0 Å². The summed E-state index contributed by atoms with van der Waals surface area (Å²) in [5.74, 6) is 0.928. The Morgan fingerprint density at radius 2 is 1.77 bits per heavy atom. The number of rotatable bonds is 2. The predicted octanol–water partition coefficient (Wildman–Crippen LogP) is 3.26. The molecule has 1 fully saturated rings. The van der Waals surface area contributed by atoms with Crippen molar-refractivity contribution >= 4 is 5.57 Å². The summed E-state index contributed by atoms with van der Waals surface area (Å²) in [7, 11) is 1.70. The topological polar surface area (TPSA) is 9.23 Å². The van der Waals surface area contributed by atoms with Crippen LogP contribution in [0.5, 0.6) is 5.75 Å². The maximum absolute atomic E-state index is 5.11. The first-order valence-electron chi connectivity index (χ1n) is 4.64. The first-order valence-corrected chi connectivity index (χ1v) is 4.64. The molecule has 1 aromatic rings. The van der Waals surface area contributed by atoms with Gasteiger partial charge in [0, 0.05) is 0 Å². The Morgan fingerprint density at radius 1 is 1.15 bits per heavy atom. The maximum atomic E-state index is 5.11. The van der Waals surface area contributed by atoms with E-state index in [0.717, 1.165) is 5.75 Å². The van der Waals surface area contributed by atoms with Crippen molar-refractivity contribution in [2.45, 2.75) is 19.8 Å². The molecule has 0 atom stereocenters. The van der Waals surface area contributed by atoms with E-state index >= 15 is 0 Å². The van der Waals surface area contributed by atoms with Crippen molar-refractivity contribution in [1.82, 2.24) is 0 Å². The third-order valence-corrected chi connectivity index (χ3v) is 2.55. The first kappa shape index (κ1) is 8.36. The fraction of sp³-hybridized carbons (Fsp3) is 0.333. The fourth-order valence-electron chi connectivity index (χ4n) is 1.48. The van der Waals surface area contributed by atoms with Crippen molar-refractivity contribution in [3.8, 4) is 5.75 Å². The van der Waals surface area contributed by atoms with Crippen LogP contribution in [-0.2, 0) is 0 Å². The molecule has 13 heavy (non-hydrogen) atoms. The van der Waals surface area contributed by atoms with Crippen LogP contribution in [0.3, 0.4) is 0 Å². The van der Waals surface area contributed by atoms with Gasteiger partial charge in [0.25, 0.3) is 0 Å². The molecule has 0 N–H and O–H groups in total. The molecule has 0 bridgehead atoms. The highest BCUT2D eigenvalue weighted by atomic mass is 16.5. The average Bonchev–Trinajstić information content (AvgIpc) is 3.00. The molecule has 0 unspecified atom stereocenters. The van der Waals surface area contributed by atoms with Gasteiger partial charge in [-0.3, -0.25) is 0 Å². The van der Waals surface area contributed by atoms with Crippen LogP contribution in [0.25, 0.3) is 5.57 Å². The Morgan fingerprint density at radius 3 is 2.23 bits per heavy atom. The monoisotopic (exact) mass is 174 g/mol. The van der Waals surface area contributed by atoms with Gasteiger partial charge in [0.1, 0.15) is 5.75 Å². The van der Waals surface area contributed by atoms with E-state index in [1.807, 2.05) is 12.1 Å². The van der Waals surface area contributed by atoms with Crippen LogP contribution in [0.2, 0.25) is 0 Å². The zero-order valence-electron chi connectivity index (χ0n) is 8.13. The Balaban J connectivity index is 2.27. The molecule has 1 aromatic carbocycles. The number of ether oxygens (including phenoxy) is 1. The summed E-state index contributed by atoms with van der Waals surface area (Å²) >= 11 is 0. The van der Waals surface area contributed by atoms with Gasteiger partial charge in [-0.15, -0.1) is 0 Å². The van der Waals surface area contributed by atoms with E-state index < -0.39 is 0 Å². The molecule has 2 rings (SSSR count). The predicted molar refractivity (Wildman–Crippen MR) is 54.8 cm³/mol. The van der Waals surface area contributed by atoms with Crippen LogP contribution in [0, 0.1) is 0 Å². The molecule has 68 valence electrons. The van der Waals surface area contributed by atoms with Crippen LogP contribution in [0.1, 0.15) is 25.3 Å². The van der Waals surface area contributed by atoms with E-state index in [4.69, 9.17) is 4.74 Å². The van der Waals surface area contributed by atoms with Gasteiger partial charge in [0.15, 0.2) is 0 Å². The van der Waals surface area contributed by atoms with Crippen molar-refractivity contribution in [2.75, 3.05) is 7.11 Å². The molecular weight excluding hydrogens is 160 g/mol. The van der Waals surface area contributed by atoms with Crippen LogP contribution < -0.4 is 4.74 Å². The summed E-state index contributed by atoms with van der Waals surface area (Å²) in [5, 5.41) is 0. The summed E-state index contributed by atoms with van der Waals surface area (Å²) < 4.78 is 5.11. The van der Waals surface area contributed by atoms with Crippen molar-refractivity contribution in [3.05, 3.63) is 35.4 Å².